The number of halogens is 1. The summed E-state index contributed by atoms with van der Waals surface area (Å²) in [5, 5.41) is 8.23. The van der Waals surface area contributed by atoms with Gasteiger partial charge in [0.2, 0.25) is 5.91 Å². The quantitative estimate of drug-likeness (QED) is 0.627. The maximum atomic E-state index is 11.8. The van der Waals surface area contributed by atoms with Gasteiger partial charge in [0.05, 0.1) is 6.54 Å². The lowest BCUT2D eigenvalue weighted by Gasteiger charge is -2.22. The highest BCUT2D eigenvalue weighted by Crippen LogP contribution is 2.17. The van der Waals surface area contributed by atoms with E-state index in [4.69, 9.17) is 5.73 Å². The van der Waals surface area contributed by atoms with Gasteiger partial charge in [-0.3, -0.25) is 4.79 Å². The number of rotatable bonds is 6. The fraction of sp³-hybridized carbons (Fsp3) is 0.529. The highest BCUT2D eigenvalue weighted by Gasteiger charge is 2.16. The molecule has 0 aromatic heterocycles. The Balaban J connectivity index is 0.00000288. The second-order valence-corrected chi connectivity index (χ2v) is 5.98. The Hall–Kier alpha value is -1.79. The summed E-state index contributed by atoms with van der Waals surface area (Å²) >= 11 is 0. The molecule has 3 amide bonds. The van der Waals surface area contributed by atoms with Crippen LogP contribution >= 0.6 is 12.4 Å². The van der Waals surface area contributed by atoms with Crippen molar-refractivity contribution in [1.82, 2.24) is 16.0 Å². The summed E-state index contributed by atoms with van der Waals surface area (Å²) in [7, 11) is 0. The first-order valence-corrected chi connectivity index (χ1v) is 8.27. The summed E-state index contributed by atoms with van der Waals surface area (Å²) in [4.78, 5) is 23.5. The van der Waals surface area contributed by atoms with Gasteiger partial charge in [0.25, 0.3) is 0 Å². The van der Waals surface area contributed by atoms with Crippen molar-refractivity contribution in [1.29, 1.82) is 0 Å². The second kappa shape index (κ2) is 10.9. The molecule has 6 nitrogen and oxygen atoms in total. The monoisotopic (exact) mass is 354 g/mol. The first-order chi connectivity index (χ1) is 11.1. The van der Waals surface area contributed by atoms with E-state index in [-0.39, 0.29) is 43.0 Å². The van der Waals surface area contributed by atoms with Crippen LogP contribution in [-0.4, -0.2) is 31.1 Å². The molecule has 1 fully saturated rings. The number of carbonyl (C=O) groups excluding carboxylic acids is 2. The van der Waals surface area contributed by atoms with E-state index in [1.54, 1.807) is 0 Å². The first-order valence-electron chi connectivity index (χ1n) is 8.27. The number of hydrogen-bond acceptors (Lipinski definition) is 3. The van der Waals surface area contributed by atoms with E-state index in [1.165, 1.54) is 6.42 Å². The SMILES string of the molecule is Cl.NC(CNC(=O)CNC(=O)NC1CCCCC1)c1ccccc1. The van der Waals surface area contributed by atoms with Crippen LogP contribution in [-0.2, 0) is 4.79 Å². The molecule has 7 heteroatoms. The third-order valence-corrected chi connectivity index (χ3v) is 4.10. The van der Waals surface area contributed by atoms with E-state index >= 15 is 0 Å². The van der Waals surface area contributed by atoms with Gasteiger partial charge in [-0.25, -0.2) is 4.79 Å². The minimum absolute atomic E-state index is 0. The number of amides is 3. The maximum Gasteiger partial charge on any atom is 0.315 e. The lowest BCUT2D eigenvalue weighted by atomic mass is 9.96. The zero-order valence-corrected chi connectivity index (χ0v) is 14.6. The minimum atomic E-state index is -0.278. The van der Waals surface area contributed by atoms with Gasteiger partial charge < -0.3 is 21.7 Å². The Labute approximate surface area is 149 Å². The summed E-state index contributed by atoms with van der Waals surface area (Å²) < 4.78 is 0. The topological polar surface area (TPSA) is 96.2 Å². The van der Waals surface area contributed by atoms with Crippen LogP contribution in [0.5, 0.6) is 0 Å². The molecular weight excluding hydrogens is 328 g/mol. The maximum absolute atomic E-state index is 11.8. The van der Waals surface area contributed by atoms with Gasteiger partial charge in [0, 0.05) is 18.6 Å². The Morgan fingerprint density at radius 2 is 1.75 bits per heavy atom. The summed E-state index contributed by atoms with van der Waals surface area (Å²) in [6.07, 6.45) is 5.59. The Bertz CT molecular complexity index is 507. The molecule has 0 spiro atoms. The standard InChI is InChI=1S/C17H26N4O2.ClH/c18-15(13-7-3-1-4-8-13)11-19-16(22)12-20-17(23)21-14-9-5-2-6-10-14;/h1,3-4,7-8,14-15H,2,5-6,9-12,18H2,(H,19,22)(H2,20,21,23);1H. The number of hydrogen-bond donors (Lipinski definition) is 4. The number of nitrogens with one attached hydrogen (secondary N) is 3. The lowest BCUT2D eigenvalue weighted by Crippen LogP contribution is -2.46. The average molecular weight is 355 g/mol. The van der Waals surface area contributed by atoms with Crippen molar-refractivity contribution in [2.45, 2.75) is 44.2 Å². The van der Waals surface area contributed by atoms with Gasteiger partial charge in [-0.1, -0.05) is 49.6 Å². The summed E-state index contributed by atoms with van der Waals surface area (Å²) in [5.41, 5.74) is 6.98. The number of urea groups is 1. The molecule has 1 aliphatic rings. The largest absolute Gasteiger partial charge is 0.353 e. The van der Waals surface area contributed by atoms with Gasteiger partial charge >= 0.3 is 6.03 Å². The Morgan fingerprint density at radius 1 is 1.08 bits per heavy atom. The van der Waals surface area contributed by atoms with E-state index in [1.807, 2.05) is 30.3 Å². The normalized spacial score (nSPS) is 15.7. The Morgan fingerprint density at radius 3 is 2.42 bits per heavy atom. The van der Waals surface area contributed by atoms with Crippen LogP contribution < -0.4 is 21.7 Å². The third-order valence-electron chi connectivity index (χ3n) is 4.10. The van der Waals surface area contributed by atoms with Crippen LogP contribution in [0.25, 0.3) is 0 Å². The second-order valence-electron chi connectivity index (χ2n) is 5.98. The minimum Gasteiger partial charge on any atom is -0.353 e. The molecular formula is C17H27ClN4O2. The zero-order valence-electron chi connectivity index (χ0n) is 13.8. The van der Waals surface area contributed by atoms with E-state index in [0.29, 0.717) is 6.54 Å². The van der Waals surface area contributed by atoms with Gasteiger partial charge in [-0.2, -0.15) is 0 Å². The van der Waals surface area contributed by atoms with Gasteiger partial charge in [0.15, 0.2) is 0 Å². The van der Waals surface area contributed by atoms with E-state index in [9.17, 15) is 9.59 Å². The van der Waals surface area contributed by atoms with Crippen molar-refractivity contribution in [3.63, 3.8) is 0 Å². The van der Waals surface area contributed by atoms with Crippen molar-refractivity contribution < 1.29 is 9.59 Å². The van der Waals surface area contributed by atoms with E-state index < -0.39 is 0 Å². The molecule has 1 aliphatic carbocycles. The molecule has 1 saturated carbocycles. The van der Waals surface area contributed by atoms with Gasteiger partial charge in [-0.05, 0) is 18.4 Å². The van der Waals surface area contributed by atoms with Crippen LogP contribution in [0.1, 0.15) is 43.7 Å². The highest BCUT2D eigenvalue weighted by atomic mass is 35.5. The van der Waals surface area contributed by atoms with Crippen molar-refractivity contribution in [3.05, 3.63) is 35.9 Å². The molecule has 24 heavy (non-hydrogen) atoms. The molecule has 1 aromatic rings. The molecule has 0 saturated heterocycles. The fourth-order valence-corrected chi connectivity index (χ4v) is 2.75. The molecule has 1 aromatic carbocycles. The van der Waals surface area contributed by atoms with Crippen LogP contribution in [0.2, 0.25) is 0 Å². The number of carbonyl (C=O) groups is 2. The van der Waals surface area contributed by atoms with Crippen LogP contribution in [0.4, 0.5) is 4.79 Å². The number of benzene rings is 1. The van der Waals surface area contributed by atoms with E-state index in [2.05, 4.69) is 16.0 Å². The molecule has 0 bridgehead atoms. The van der Waals surface area contributed by atoms with Crippen LogP contribution in [0.15, 0.2) is 30.3 Å². The molecule has 134 valence electrons. The van der Waals surface area contributed by atoms with Gasteiger partial charge in [-0.15, -0.1) is 12.4 Å². The zero-order chi connectivity index (χ0) is 16.5. The summed E-state index contributed by atoms with van der Waals surface area (Å²) in [6.45, 7) is 0.300. The summed E-state index contributed by atoms with van der Waals surface area (Å²) in [5.74, 6) is -0.241. The molecule has 0 aliphatic heterocycles. The van der Waals surface area contributed by atoms with Crippen molar-refractivity contribution >= 4 is 24.3 Å². The van der Waals surface area contributed by atoms with Crippen molar-refractivity contribution in [3.8, 4) is 0 Å². The molecule has 5 N–H and O–H groups in total. The molecule has 1 atom stereocenters. The highest BCUT2D eigenvalue weighted by molar-refractivity contribution is 5.85. The smallest absolute Gasteiger partial charge is 0.315 e. The summed E-state index contributed by atoms with van der Waals surface area (Å²) in [6, 6.07) is 9.29. The third kappa shape index (κ3) is 7.19. The van der Waals surface area contributed by atoms with Crippen molar-refractivity contribution in [2.24, 2.45) is 5.73 Å². The lowest BCUT2D eigenvalue weighted by molar-refractivity contribution is -0.120. The predicted molar refractivity (Wildman–Crippen MR) is 97.0 cm³/mol. The van der Waals surface area contributed by atoms with Gasteiger partial charge in [0.1, 0.15) is 0 Å². The van der Waals surface area contributed by atoms with Crippen LogP contribution in [0, 0.1) is 0 Å². The Kier molecular flexibility index (Phi) is 9.19. The van der Waals surface area contributed by atoms with Crippen LogP contribution in [0.3, 0.4) is 0 Å². The molecule has 1 unspecified atom stereocenters. The molecule has 2 rings (SSSR count). The molecule has 0 heterocycles. The first kappa shape index (κ1) is 20.3. The molecule has 0 radical (unpaired) electrons. The van der Waals surface area contributed by atoms with E-state index in [0.717, 1.165) is 31.2 Å². The fourth-order valence-electron chi connectivity index (χ4n) is 2.75. The average Bonchev–Trinajstić information content (AvgIpc) is 2.59. The predicted octanol–water partition coefficient (Wildman–Crippen LogP) is 1.86. The van der Waals surface area contributed by atoms with Crippen molar-refractivity contribution in [2.75, 3.05) is 13.1 Å². The number of nitrogens with two attached hydrogens (primary N) is 1.